The van der Waals surface area contributed by atoms with E-state index in [1.807, 2.05) is 0 Å². The lowest BCUT2D eigenvalue weighted by atomic mass is 10.00. The van der Waals surface area contributed by atoms with Gasteiger partial charge in [0.05, 0.1) is 0 Å². The molecule has 0 N–H and O–H groups in total. The monoisotopic (exact) mass is 482 g/mol. The third-order valence-corrected chi connectivity index (χ3v) is 12.4. The van der Waals surface area contributed by atoms with E-state index in [2.05, 4.69) is 142 Å². The molecule has 0 spiro atoms. The smallest absolute Gasteiger partial charge is 0.00708 e. The van der Waals surface area contributed by atoms with E-state index in [9.17, 15) is 0 Å². The zero-order chi connectivity index (χ0) is 23.8. The summed E-state index contributed by atoms with van der Waals surface area (Å²) < 4.78 is 0. The van der Waals surface area contributed by atoms with Gasteiger partial charge in [0.25, 0.3) is 0 Å². The van der Waals surface area contributed by atoms with Gasteiger partial charge in [0, 0.05) is 0 Å². The average molecular weight is 483 g/mol. The first-order valence-corrected chi connectivity index (χ1v) is 15.2. The first-order chi connectivity index (χ1) is 16.5. The molecule has 0 saturated heterocycles. The van der Waals surface area contributed by atoms with Crippen LogP contribution >= 0.6 is 15.8 Å². The fourth-order valence-corrected chi connectivity index (χ4v) is 10.3. The Balaban J connectivity index is 1.51. The quantitative estimate of drug-likeness (QED) is 0.206. The predicted octanol–water partition coefficient (Wildman–Crippen LogP) is 7.45. The molecular weight excluding hydrogens is 446 g/mol. The van der Waals surface area contributed by atoms with E-state index in [-0.39, 0.29) is 13.1 Å². The maximum absolute atomic E-state index is 2.49. The van der Waals surface area contributed by atoms with Gasteiger partial charge in [0.2, 0.25) is 0 Å². The summed E-state index contributed by atoms with van der Waals surface area (Å²) in [6.07, 6.45) is 3.73. The Labute approximate surface area is 209 Å². The van der Waals surface area contributed by atoms with E-state index in [4.69, 9.17) is 0 Å². The molecule has 0 saturated carbocycles. The summed E-state index contributed by atoms with van der Waals surface area (Å²) in [5.74, 6) is 0.675. The molecule has 0 amide bonds. The second-order valence-electron chi connectivity index (χ2n) is 9.74. The van der Waals surface area contributed by atoms with Crippen LogP contribution in [-0.4, -0.2) is 11.3 Å². The molecule has 4 aromatic carbocycles. The molecule has 0 radical (unpaired) electrons. The van der Waals surface area contributed by atoms with Crippen molar-refractivity contribution in [1.29, 1.82) is 0 Å². The molecule has 2 heteroatoms. The summed E-state index contributed by atoms with van der Waals surface area (Å²) in [6, 6.07) is 44.6. The van der Waals surface area contributed by atoms with Crippen molar-refractivity contribution in [3.63, 3.8) is 0 Å². The van der Waals surface area contributed by atoms with Gasteiger partial charge in [-0.1, -0.05) is 142 Å². The summed E-state index contributed by atoms with van der Waals surface area (Å²) >= 11 is 0. The van der Waals surface area contributed by atoms with Gasteiger partial charge in [-0.2, -0.15) is 0 Å². The summed E-state index contributed by atoms with van der Waals surface area (Å²) in [5.41, 5.74) is 0. The zero-order valence-corrected chi connectivity index (χ0v) is 22.4. The van der Waals surface area contributed by atoms with Crippen LogP contribution in [0.5, 0.6) is 0 Å². The molecule has 4 rings (SSSR count). The molecular formula is C32H36P2. The Bertz CT molecular complexity index is 1030. The van der Waals surface area contributed by atoms with Crippen LogP contribution in [0.4, 0.5) is 0 Å². The number of benzene rings is 4. The highest BCUT2D eigenvalue weighted by Gasteiger charge is 2.32. The molecule has 0 heterocycles. The van der Waals surface area contributed by atoms with Crippen LogP contribution in [0.2, 0.25) is 0 Å². The minimum Gasteiger partial charge on any atom is -0.0622 e. The number of hydrogen-bond acceptors (Lipinski definition) is 0. The van der Waals surface area contributed by atoms with Crippen molar-refractivity contribution in [1.82, 2.24) is 0 Å². The van der Waals surface area contributed by atoms with Crippen molar-refractivity contribution < 1.29 is 0 Å². The van der Waals surface area contributed by atoms with E-state index >= 15 is 0 Å². The summed E-state index contributed by atoms with van der Waals surface area (Å²) in [4.78, 5) is 0. The largest absolute Gasteiger partial charge is 0.0622 e. The molecule has 0 fully saturated rings. The van der Waals surface area contributed by atoms with Crippen molar-refractivity contribution in [3.05, 3.63) is 121 Å². The van der Waals surface area contributed by atoms with E-state index < -0.39 is 7.92 Å². The van der Waals surface area contributed by atoms with Crippen molar-refractivity contribution in [2.75, 3.05) is 6.16 Å². The van der Waals surface area contributed by atoms with Crippen LogP contribution in [0.3, 0.4) is 0 Å². The van der Waals surface area contributed by atoms with Crippen LogP contribution in [-0.2, 0) is 0 Å². The molecule has 1 unspecified atom stereocenters. The van der Waals surface area contributed by atoms with Gasteiger partial charge in [-0.25, -0.2) is 0 Å². The topological polar surface area (TPSA) is 0 Å². The van der Waals surface area contributed by atoms with Gasteiger partial charge in [-0.15, -0.1) is 0 Å². The fourth-order valence-electron chi connectivity index (χ4n) is 4.69. The molecule has 0 nitrogen and oxygen atoms in total. The molecule has 1 atom stereocenters. The highest BCUT2D eigenvalue weighted by molar-refractivity contribution is 7.74. The van der Waals surface area contributed by atoms with Crippen LogP contribution < -0.4 is 21.2 Å². The van der Waals surface area contributed by atoms with Gasteiger partial charge in [0.1, 0.15) is 0 Å². The van der Waals surface area contributed by atoms with Crippen LogP contribution in [0.25, 0.3) is 0 Å². The molecule has 0 aliphatic carbocycles. The highest BCUT2D eigenvalue weighted by Crippen LogP contribution is 2.51. The maximum Gasteiger partial charge on any atom is -0.00708 e. The lowest BCUT2D eigenvalue weighted by molar-refractivity contribution is 0.503. The van der Waals surface area contributed by atoms with Crippen LogP contribution in [0.15, 0.2) is 121 Å². The first-order valence-electron chi connectivity index (χ1n) is 12.3. The molecule has 174 valence electrons. The second-order valence-corrected chi connectivity index (χ2v) is 14.9. The lowest BCUT2D eigenvalue weighted by Crippen LogP contribution is -2.30. The molecule has 34 heavy (non-hydrogen) atoms. The predicted molar refractivity (Wildman–Crippen MR) is 155 cm³/mol. The van der Waals surface area contributed by atoms with Gasteiger partial charge < -0.3 is 0 Å². The Morgan fingerprint density at radius 2 is 0.912 bits per heavy atom. The summed E-state index contributed by atoms with van der Waals surface area (Å²) in [5, 5.41) is 6.18. The molecule has 4 aromatic rings. The standard InChI is InChI=1S/C32H36P2/c1-27(26-33(28-16-8-4-9-17-28)29-18-10-5-11-19-29)24-25-32(2,3)34(30-20-12-6-13-21-30)31-22-14-7-15-23-31/h4-23,27H,24-26H2,1-3H3. The van der Waals surface area contributed by atoms with Crippen molar-refractivity contribution in [2.45, 2.75) is 38.8 Å². The van der Waals surface area contributed by atoms with Crippen LogP contribution in [0.1, 0.15) is 33.6 Å². The summed E-state index contributed by atoms with van der Waals surface area (Å²) in [6.45, 7) is 7.44. The normalized spacial score (nSPS) is 12.7. The second kappa shape index (κ2) is 11.9. The minimum atomic E-state index is -0.427. The van der Waals surface area contributed by atoms with E-state index in [1.54, 1.807) is 0 Å². The third kappa shape index (κ3) is 6.44. The highest BCUT2D eigenvalue weighted by atomic mass is 31.1. The SMILES string of the molecule is CC(CCC(C)(C)P(c1ccccc1)c1ccccc1)CP(c1ccccc1)c1ccccc1. The summed E-state index contributed by atoms with van der Waals surface area (Å²) in [7, 11) is -0.763. The Hall–Kier alpha value is -2.26. The van der Waals surface area contributed by atoms with Crippen molar-refractivity contribution in [2.24, 2.45) is 5.92 Å². The molecule has 0 aromatic heterocycles. The average Bonchev–Trinajstić information content (AvgIpc) is 2.88. The van der Waals surface area contributed by atoms with Crippen molar-refractivity contribution in [3.8, 4) is 0 Å². The Kier molecular flexibility index (Phi) is 8.72. The molecule has 0 aliphatic rings. The maximum atomic E-state index is 2.49. The van der Waals surface area contributed by atoms with E-state index in [1.165, 1.54) is 40.2 Å². The Morgan fingerprint density at radius 3 is 1.29 bits per heavy atom. The minimum absolute atomic E-state index is 0.231. The van der Waals surface area contributed by atoms with Gasteiger partial charge in [-0.3, -0.25) is 0 Å². The third-order valence-electron chi connectivity index (χ3n) is 6.51. The van der Waals surface area contributed by atoms with Gasteiger partial charge in [-0.05, 0) is 67.1 Å². The van der Waals surface area contributed by atoms with E-state index in [0.717, 1.165) is 0 Å². The number of rotatable bonds is 10. The van der Waals surface area contributed by atoms with Gasteiger partial charge >= 0.3 is 0 Å². The number of hydrogen-bond donors (Lipinski definition) is 0. The zero-order valence-electron chi connectivity index (χ0n) is 20.6. The Morgan fingerprint density at radius 1 is 0.559 bits per heavy atom. The van der Waals surface area contributed by atoms with Crippen LogP contribution in [0, 0.1) is 5.92 Å². The van der Waals surface area contributed by atoms with E-state index in [0.29, 0.717) is 5.92 Å². The fraction of sp³-hybridized carbons (Fsp3) is 0.250. The molecule has 0 aliphatic heterocycles. The van der Waals surface area contributed by atoms with Gasteiger partial charge in [0.15, 0.2) is 0 Å². The molecule has 0 bridgehead atoms. The van der Waals surface area contributed by atoms with Crippen molar-refractivity contribution >= 4 is 37.1 Å². The first kappa shape index (κ1) is 24.9. The lowest BCUT2D eigenvalue weighted by Gasteiger charge is -2.37.